The van der Waals surface area contributed by atoms with Crippen LogP contribution in [0.15, 0.2) is 30.3 Å². The van der Waals surface area contributed by atoms with E-state index in [9.17, 15) is 9.59 Å². The van der Waals surface area contributed by atoms with E-state index in [2.05, 4.69) is 5.32 Å². The molecule has 0 aromatic heterocycles. The molecule has 0 aliphatic heterocycles. The summed E-state index contributed by atoms with van der Waals surface area (Å²) in [6.45, 7) is 4.21. The van der Waals surface area contributed by atoms with Crippen molar-refractivity contribution in [2.45, 2.75) is 39.2 Å². The van der Waals surface area contributed by atoms with Gasteiger partial charge in [0.05, 0.1) is 6.04 Å². The van der Waals surface area contributed by atoms with Crippen LogP contribution in [0.1, 0.15) is 32.3 Å². The van der Waals surface area contributed by atoms with E-state index in [4.69, 9.17) is 0 Å². The predicted octanol–water partition coefficient (Wildman–Crippen LogP) is 1.99. The summed E-state index contributed by atoms with van der Waals surface area (Å²) in [6, 6.07) is 9.95. The zero-order valence-electron chi connectivity index (χ0n) is 12.6. The summed E-state index contributed by atoms with van der Waals surface area (Å²) in [5, 5.41) is 2.99. The van der Waals surface area contributed by atoms with E-state index >= 15 is 0 Å². The molecule has 0 saturated carbocycles. The molecule has 1 rings (SSSR count). The van der Waals surface area contributed by atoms with Crippen molar-refractivity contribution in [3.8, 4) is 0 Å². The normalized spacial score (nSPS) is 11.8. The van der Waals surface area contributed by atoms with Crippen LogP contribution in [0, 0.1) is 0 Å². The average molecular weight is 276 g/mol. The Balaban J connectivity index is 2.69. The summed E-state index contributed by atoms with van der Waals surface area (Å²) >= 11 is 0. The minimum Gasteiger partial charge on any atom is -0.351 e. The number of amides is 2. The van der Waals surface area contributed by atoms with Crippen LogP contribution in [0.25, 0.3) is 0 Å². The highest BCUT2D eigenvalue weighted by Gasteiger charge is 2.16. The van der Waals surface area contributed by atoms with Crippen molar-refractivity contribution in [1.29, 1.82) is 0 Å². The molecule has 4 heteroatoms. The van der Waals surface area contributed by atoms with E-state index in [1.54, 1.807) is 11.9 Å². The molecule has 1 aromatic carbocycles. The molecule has 20 heavy (non-hydrogen) atoms. The Labute approximate surface area is 121 Å². The number of rotatable bonds is 7. The average Bonchev–Trinajstić information content (AvgIpc) is 2.47. The highest BCUT2D eigenvalue weighted by atomic mass is 16.2. The summed E-state index contributed by atoms with van der Waals surface area (Å²) in [5.41, 5.74) is 1.16. The molecule has 0 radical (unpaired) electrons. The topological polar surface area (TPSA) is 49.4 Å². The molecule has 1 unspecified atom stereocenters. The first kappa shape index (κ1) is 16.2. The Hall–Kier alpha value is -1.84. The Morgan fingerprint density at radius 1 is 1.15 bits per heavy atom. The SMILES string of the molecule is CCC(=O)NC(Cc1ccccc1)CN(C)C(=O)CC. The van der Waals surface area contributed by atoms with Crippen LogP contribution in [0.5, 0.6) is 0 Å². The molecule has 0 aliphatic rings. The molecule has 110 valence electrons. The second-order valence-electron chi connectivity index (χ2n) is 4.94. The molecule has 1 atom stereocenters. The molecule has 1 aromatic rings. The van der Waals surface area contributed by atoms with Gasteiger partial charge in [0.15, 0.2) is 0 Å². The van der Waals surface area contributed by atoms with Crippen molar-refractivity contribution in [2.75, 3.05) is 13.6 Å². The molecular formula is C16H24N2O2. The van der Waals surface area contributed by atoms with Gasteiger partial charge in [-0.1, -0.05) is 44.2 Å². The standard InChI is InChI=1S/C16H24N2O2/c1-4-15(19)17-14(12-18(3)16(20)5-2)11-13-9-7-6-8-10-13/h6-10,14H,4-5,11-12H2,1-3H3,(H,17,19). The minimum atomic E-state index is -0.0506. The number of carbonyl (C=O) groups is 2. The van der Waals surface area contributed by atoms with Gasteiger partial charge in [-0.3, -0.25) is 9.59 Å². The lowest BCUT2D eigenvalue weighted by molar-refractivity contribution is -0.130. The second kappa shape index (κ2) is 8.35. The zero-order valence-corrected chi connectivity index (χ0v) is 12.6. The second-order valence-corrected chi connectivity index (χ2v) is 4.94. The van der Waals surface area contributed by atoms with Crippen molar-refractivity contribution in [1.82, 2.24) is 10.2 Å². The van der Waals surface area contributed by atoms with Gasteiger partial charge >= 0.3 is 0 Å². The van der Waals surface area contributed by atoms with Gasteiger partial charge in [0.25, 0.3) is 0 Å². The summed E-state index contributed by atoms with van der Waals surface area (Å²) < 4.78 is 0. The number of nitrogens with one attached hydrogen (secondary N) is 1. The number of hydrogen-bond acceptors (Lipinski definition) is 2. The van der Waals surface area contributed by atoms with Gasteiger partial charge in [-0.25, -0.2) is 0 Å². The summed E-state index contributed by atoms with van der Waals surface area (Å²) in [4.78, 5) is 25.0. The molecule has 2 amide bonds. The molecular weight excluding hydrogens is 252 g/mol. The lowest BCUT2D eigenvalue weighted by Crippen LogP contribution is -2.45. The molecule has 4 nitrogen and oxygen atoms in total. The molecule has 0 bridgehead atoms. The van der Waals surface area contributed by atoms with Crippen LogP contribution in [0.4, 0.5) is 0 Å². The molecule has 0 fully saturated rings. The Kier molecular flexibility index (Phi) is 6.77. The molecule has 0 heterocycles. The van der Waals surface area contributed by atoms with Crippen molar-refractivity contribution >= 4 is 11.8 Å². The third-order valence-corrected chi connectivity index (χ3v) is 3.23. The van der Waals surface area contributed by atoms with Gasteiger partial charge in [0, 0.05) is 26.4 Å². The van der Waals surface area contributed by atoms with Crippen LogP contribution in [0.2, 0.25) is 0 Å². The fourth-order valence-electron chi connectivity index (χ4n) is 2.09. The molecule has 0 saturated heterocycles. The van der Waals surface area contributed by atoms with E-state index in [-0.39, 0.29) is 17.9 Å². The minimum absolute atomic E-state index is 0.0169. The lowest BCUT2D eigenvalue weighted by atomic mass is 10.1. The fraction of sp³-hybridized carbons (Fsp3) is 0.500. The monoisotopic (exact) mass is 276 g/mol. The maximum atomic E-state index is 11.7. The number of hydrogen-bond donors (Lipinski definition) is 1. The molecule has 1 N–H and O–H groups in total. The van der Waals surface area contributed by atoms with Gasteiger partial charge in [0.1, 0.15) is 0 Å². The summed E-state index contributed by atoms with van der Waals surface area (Å²) in [7, 11) is 1.78. The van der Waals surface area contributed by atoms with E-state index in [0.29, 0.717) is 19.4 Å². The van der Waals surface area contributed by atoms with Crippen LogP contribution < -0.4 is 5.32 Å². The predicted molar refractivity (Wildman–Crippen MR) is 80.3 cm³/mol. The fourth-order valence-corrected chi connectivity index (χ4v) is 2.09. The summed E-state index contributed by atoms with van der Waals surface area (Å²) in [6.07, 6.45) is 1.67. The van der Waals surface area contributed by atoms with Gasteiger partial charge in [0.2, 0.25) is 11.8 Å². The Morgan fingerprint density at radius 3 is 2.35 bits per heavy atom. The van der Waals surface area contributed by atoms with Gasteiger partial charge in [-0.05, 0) is 12.0 Å². The Bertz CT molecular complexity index is 431. The summed E-state index contributed by atoms with van der Waals surface area (Å²) in [5.74, 6) is 0.108. The van der Waals surface area contributed by atoms with Gasteiger partial charge in [-0.2, -0.15) is 0 Å². The first-order chi connectivity index (χ1) is 9.56. The van der Waals surface area contributed by atoms with Crippen molar-refractivity contribution in [3.63, 3.8) is 0 Å². The van der Waals surface area contributed by atoms with Crippen molar-refractivity contribution < 1.29 is 9.59 Å². The van der Waals surface area contributed by atoms with Crippen LogP contribution in [-0.4, -0.2) is 36.3 Å². The number of likely N-dealkylation sites (N-methyl/N-ethyl adjacent to an activating group) is 1. The highest BCUT2D eigenvalue weighted by Crippen LogP contribution is 2.05. The molecule has 0 spiro atoms. The zero-order chi connectivity index (χ0) is 15.0. The highest BCUT2D eigenvalue weighted by molar-refractivity contribution is 5.77. The maximum Gasteiger partial charge on any atom is 0.222 e. The Morgan fingerprint density at radius 2 is 1.80 bits per heavy atom. The first-order valence-electron chi connectivity index (χ1n) is 7.14. The van der Waals surface area contributed by atoms with Crippen LogP contribution >= 0.6 is 0 Å². The van der Waals surface area contributed by atoms with Crippen LogP contribution in [0.3, 0.4) is 0 Å². The number of carbonyl (C=O) groups excluding carboxylic acids is 2. The van der Waals surface area contributed by atoms with Gasteiger partial charge in [-0.15, -0.1) is 0 Å². The third-order valence-electron chi connectivity index (χ3n) is 3.23. The van der Waals surface area contributed by atoms with Crippen molar-refractivity contribution in [3.05, 3.63) is 35.9 Å². The van der Waals surface area contributed by atoms with Crippen molar-refractivity contribution in [2.24, 2.45) is 0 Å². The number of benzene rings is 1. The van der Waals surface area contributed by atoms with E-state index < -0.39 is 0 Å². The lowest BCUT2D eigenvalue weighted by Gasteiger charge is -2.25. The smallest absolute Gasteiger partial charge is 0.222 e. The van der Waals surface area contributed by atoms with Gasteiger partial charge < -0.3 is 10.2 Å². The largest absolute Gasteiger partial charge is 0.351 e. The maximum absolute atomic E-state index is 11.7. The van der Waals surface area contributed by atoms with Crippen LogP contribution in [-0.2, 0) is 16.0 Å². The third kappa shape index (κ3) is 5.43. The quantitative estimate of drug-likeness (QED) is 0.828. The van der Waals surface area contributed by atoms with E-state index in [1.807, 2.05) is 44.2 Å². The van der Waals surface area contributed by atoms with E-state index in [0.717, 1.165) is 12.0 Å². The molecule has 0 aliphatic carbocycles. The van der Waals surface area contributed by atoms with E-state index in [1.165, 1.54) is 0 Å². The number of nitrogens with zero attached hydrogens (tertiary/aromatic N) is 1. The first-order valence-corrected chi connectivity index (χ1v) is 7.14.